The zero-order valence-corrected chi connectivity index (χ0v) is 11.1. The lowest BCUT2D eigenvalue weighted by atomic mass is 9.98. The van der Waals surface area contributed by atoms with Crippen molar-refractivity contribution in [3.05, 3.63) is 35.4 Å². The molecule has 1 heterocycles. The van der Waals surface area contributed by atoms with Gasteiger partial charge in [0.15, 0.2) is 0 Å². The highest BCUT2D eigenvalue weighted by molar-refractivity contribution is 5.26. The summed E-state index contributed by atoms with van der Waals surface area (Å²) in [6.45, 7) is 4.35. The van der Waals surface area contributed by atoms with E-state index in [1.807, 2.05) is 7.05 Å². The van der Waals surface area contributed by atoms with Crippen molar-refractivity contribution in [2.75, 3.05) is 7.05 Å². The molecular formula is C15H23NO. The first-order chi connectivity index (χ1) is 8.24. The number of hydrogen-bond acceptors (Lipinski definition) is 2. The van der Waals surface area contributed by atoms with Crippen LogP contribution >= 0.6 is 0 Å². The molecule has 2 rings (SSSR count). The summed E-state index contributed by atoms with van der Waals surface area (Å²) in [5.74, 6) is 0. The van der Waals surface area contributed by atoms with Gasteiger partial charge in [-0.3, -0.25) is 0 Å². The Morgan fingerprint density at radius 3 is 2.47 bits per heavy atom. The summed E-state index contributed by atoms with van der Waals surface area (Å²) < 4.78 is 5.96. The second-order valence-electron chi connectivity index (χ2n) is 4.92. The number of ether oxygens (including phenoxy) is 1. The highest BCUT2D eigenvalue weighted by atomic mass is 16.5. The van der Waals surface area contributed by atoms with Gasteiger partial charge >= 0.3 is 0 Å². The van der Waals surface area contributed by atoms with Gasteiger partial charge in [-0.15, -0.1) is 0 Å². The van der Waals surface area contributed by atoms with Crippen molar-refractivity contribution in [2.24, 2.45) is 0 Å². The summed E-state index contributed by atoms with van der Waals surface area (Å²) in [5.41, 5.74) is 2.73. The van der Waals surface area contributed by atoms with Crippen LogP contribution in [0.4, 0.5) is 0 Å². The smallest absolute Gasteiger partial charge is 0.0774 e. The van der Waals surface area contributed by atoms with Gasteiger partial charge in [0.25, 0.3) is 0 Å². The van der Waals surface area contributed by atoms with Crippen LogP contribution in [0.2, 0.25) is 0 Å². The molecule has 0 aromatic heterocycles. The maximum Gasteiger partial charge on any atom is 0.0774 e. The summed E-state index contributed by atoms with van der Waals surface area (Å²) in [6, 6.07) is 9.22. The Labute approximate surface area is 104 Å². The van der Waals surface area contributed by atoms with Crippen LogP contribution in [-0.4, -0.2) is 19.3 Å². The van der Waals surface area contributed by atoms with Crippen molar-refractivity contribution in [1.82, 2.24) is 5.32 Å². The van der Waals surface area contributed by atoms with E-state index in [0.29, 0.717) is 18.2 Å². The molecule has 0 amide bonds. The Hall–Kier alpha value is -0.860. The van der Waals surface area contributed by atoms with Crippen molar-refractivity contribution in [2.45, 2.75) is 51.4 Å². The van der Waals surface area contributed by atoms with Crippen molar-refractivity contribution >= 4 is 0 Å². The van der Waals surface area contributed by atoms with E-state index in [4.69, 9.17) is 4.74 Å². The largest absolute Gasteiger partial charge is 0.373 e. The normalized spacial score (nSPS) is 26.1. The van der Waals surface area contributed by atoms with Gasteiger partial charge in [0.1, 0.15) is 0 Å². The molecule has 1 N–H and O–H groups in total. The van der Waals surface area contributed by atoms with Gasteiger partial charge in [0, 0.05) is 0 Å². The van der Waals surface area contributed by atoms with Gasteiger partial charge in [-0.25, -0.2) is 0 Å². The maximum atomic E-state index is 5.96. The van der Waals surface area contributed by atoms with Crippen LogP contribution in [-0.2, 0) is 11.2 Å². The number of hydrogen-bond donors (Lipinski definition) is 1. The molecule has 1 aromatic rings. The minimum atomic E-state index is 0.322. The van der Waals surface area contributed by atoms with Crippen LogP contribution in [0, 0.1) is 0 Å². The lowest BCUT2D eigenvalue weighted by molar-refractivity contribution is 0.0333. The van der Waals surface area contributed by atoms with Crippen LogP contribution in [0.15, 0.2) is 24.3 Å². The van der Waals surface area contributed by atoms with Gasteiger partial charge in [-0.1, -0.05) is 31.2 Å². The van der Waals surface area contributed by atoms with Crippen LogP contribution in [0.25, 0.3) is 0 Å². The molecule has 1 aliphatic rings. The minimum Gasteiger partial charge on any atom is -0.373 e. The summed E-state index contributed by atoms with van der Waals surface area (Å²) >= 11 is 0. The Kier molecular flexibility index (Phi) is 4.19. The van der Waals surface area contributed by atoms with Gasteiger partial charge < -0.3 is 10.1 Å². The fourth-order valence-corrected chi connectivity index (χ4v) is 2.61. The van der Waals surface area contributed by atoms with E-state index in [1.54, 1.807) is 0 Å². The molecule has 1 saturated heterocycles. The van der Waals surface area contributed by atoms with Crippen LogP contribution < -0.4 is 5.32 Å². The standard InChI is InChI=1S/C15H23NO/c1-4-12-6-8-13(9-7-12)15(16-3)14-10-5-11(2)17-14/h6-9,11,14-16H,4-5,10H2,1-3H3. The molecule has 0 radical (unpaired) electrons. The van der Waals surface area contributed by atoms with E-state index >= 15 is 0 Å². The number of benzene rings is 1. The molecule has 1 aliphatic heterocycles. The molecule has 1 fully saturated rings. The number of rotatable bonds is 4. The zero-order valence-electron chi connectivity index (χ0n) is 11.1. The lowest BCUT2D eigenvalue weighted by Crippen LogP contribution is -2.29. The Morgan fingerprint density at radius 2 is 2.00 bits per heavy atom. The van der Waals surface area contributed by atoms with Gasteiger partial charge in [0.2, 0.25) is 0 Å². The first-order valence-electron chi connectivity index (χ1n) is 6.66. The fraction of sp³-hybridized carbons (Fsp3) is 0.600. The number of aryl methyl sites for hydroxylation is 1. The molecule has 0 spiro atoms. The SMILES string of the molecule is CCc1ccc(C(NC)C2CCC(C)O2)cc1. The van der Waals surface area contributed by atoms with E-state index in [1.165, 1.54) is 17.5 Å². The van der Waals surface area contributed by atoms with E-state index in [9.17, 15) is 0 Å². The van der Waals surface area contributed by atoms with Crippen LogP contribution in [0.1, 0.15) is 43.9 Å². The second kappa shape index (κ2) is 5.65. The van der Waals surface area contributed by atoms with Gasteiger partial charge in [-0.05, 0) is 44.4 Å². The Balaban J connectivity index is 2.11. The van der Waals surface area contributed by atoms with Gasteiger partial charge in [-0.2, -0.15) is 0 Å². The van der Waals surface area contributed by atoms with Crippen LogP contribution in [0.3, 0.4) is 0 Å². The molecule has 0 aliphatic carbocycles. The predicted molar refractivity (Wildman–Crippen MR) is 71.2 cm³/mol. The molecule has 3 atom stereocenters. The van der Waals surface area contributed by atoms with Crippen molar-refractivity contribution in [3.63, 3.8) is 0 Å². The molecule has 3 unspecified atom stereocenters. The molecule has 94 valence electrons. The number of likely N-dealkylation sites (N-methyl/N-ethyl adjacent to an activating group) is 1. The first-order valence-corrected chi connectivity index (χ1v) is 6.66. The Morgan fingerprint density at radius 1 is 1.29 bits per heavy atom. The van der Waals surface area contributed by atoms with E-state index in [2.05, 4.69) is 43.4 Å². The second-order valence-corrected chi connectivity index (χ2v) is 4.92. The van der Waals surface area contributed by atoms with Crippen molar-refractivity contribution < 1.29 is 4.74 Å². The molecular weight excluding hydrogens is 210 g/mol. The minimum absolute atomic E-state index is 0.322. The highest BCUT2D eigenvalue weighted by Crippen LogP contribution is 2.29. The lowest BCUT2D eigenvalue weighted by Gasteiger charge is -2.23. The maximum absolute atomic E-state index is 5.96. The van der Waals surface area contributed by atoms with Crippen molar-refractivity contribution in [3.8, 4) is 0 Å². The molecule has 2 heteroatoms. The molecule has 2 nitrogen and oxygen atoms in total. The highest BCUT2D eigenvalue weighted by Gasteiger charge is 2.29. The van der Waals surface area contributed by atoms with E-state index < -0.39 is 0 Å². The Bertz CT molecular complexity index is 346. The summed E-state index contributed by atoms with van der Waals surface area (Å²) in [4.78, 5) is 0. The quantitative estimate of drug-likeness (QED) is 0.863. The van der Waals surface area contributed by atoms with E-state index in [0.717, 1.165) is 12.8 Å². The third kappa shape index (κ3) is 2.88. The molecule has 1 aromatic carbocycles. The molecule has 17 heavy (non-hydrogen) atoms. The summed E-state index contributed by atoms with van der Waals surface area (Å²) in [7, 11) is 2.02. The monoisotopic (exact) mass is 233 g/mol. The third-order valence-electron chi connectivity index (χ3n) is 3.69. The van der Waals surface area contributed by atoms with Gasteiger partial charge in [0.05, 0.1) is 18.2 Å². The average molecular weight is 233 g/mol. The topological polar surface area (TPSA) is 21.3 Å². The number of nitrogens with one attached hydrogen (secondary N) is 1. The average Bonchev–Trinajstić information content (AvgIpc) is 2.78. The molecule has 0 bridgehead atoms. The van der Waals surface area contributed by atoms with E-state index in [-0.39, 0.29) is 0 Å². The predicted octanol–water partition coefficient (Wildman–Crippen LogP) is 3.08. The summed E-state index contributed by atoms with van der Waals surface area (Å²) in [5, 5.41) is 3.39. The molecule has 0 saturated carbocycles. The summed E-state index contributed by atoms with van der Waals surface area (Å²) in [6.07, 6.45) is 4.16. The zero-order chi connectivity index (χ0) is 12.3. The van der Waals surface area contributed by atoms with Crippen molar-refractivity contribution in [1.29, 1.82) is 0 Å². The fourth-order valence-electron chi connectivity index (χ4n) is 2.61. The third-order valence-corrected chi connectivity index (χ3v) is 3.69. The van der Waals surface area contributed by atoms with Crippen LogP contribution in [0.5, 0.6) is 0 Å². The first kappa shape index (κ1) is 12.6.